The third-order valence-corrected chi connectivity index (χ3v) is 5.17. The molecule has 1 amide bonds. The van der Waals surface area contributed by atoms with E-state index in [0.717, 1.165) is 43.1 Å². The summed E-state index contributed by atoms with van der Waals surface area (Å²) in [5, 5.41) is 0. The highest BCUT2D eigenvalue weighted by molar-refractivity contribution is 5.79. The van der Waals surface area contributed by atoms with E-state index in [1.165, 1.54) is 5.69 Å². The lowest BCUT2D eigenvalue weighted by atomic mass is 10.0. The minimum atomic E-state index is 0.198. The largest absolute Gasteiger partial charge is 0.497 e. The highest BCUT2D eigenvalue weighted by Crippen LogP contribution is 2.24. The molecule has 0 aliphatic carbocycles. The van der Waals surface area contributed by atoms with Crippen molar-refractivity contribution in [1.29, 1.82) is 0 Å². The van der Waals surface area contributed by atoms with Gasteiger partial charge in [-0.1, -0.05) is 12.1 Å². The molecule has 1 unspecified atom stereocenters. The minimum Gasteiger partial charge on any atom is -0.497 e. The molecule has 0 radical (unpaired) electrons. The number of hydrogen-bond acceptors (Lipinski definition) is 3. The van der Waals surface area contributed by atoms with Crippen LogP contribution in [0, 0.1) is 12.8 Å². The molecule has 26 heavy (non-hydrogen) atoms. The molecule has 1 saturated heterocycles. The van der Waals surface area contributed by atoms with Crippen LogP contribution in [0.2, 0.25) is 0 Å². The van der Waals surface area contributed by atoms with Crippen LogP contribution in [0.1, 0.15) is 43.4 Å². The van der Waals surface area contributed by atoms with E-state index < -0.39 is 0 Å². The standard InChI is InChI=1S/C21H29N3O2/c1-15(2)24-16(3)13-22-20(24)11-18-8-9-23(14-18)21(25)12-17-6-5-7-19(10-17)26-4/h5-7,10,13,15,18H,8-9,11-12,14H2,1-4H3. The second kappa shape index (κ2) is 7.94. The summed E-state index contributed by atoms with van der Waals surface area (Å²) in [5.74, 6) is 2.63. The van der Waals surface area contributed by atoms with Crippen LogP contribution in [0.4, 0.5) is 0 Å². The molecule has 2 heterocycles. The van der Waals surface area contributed by atoms with Crippen LogP contribution in [0.25, 0.3) is 0 Å². The first-order valence-electron chi connectivity index (χ1n) is 9.41. The van der Waals surface area contributed by atoms with Crippen molar-refractivity contribution in [3.05, 3.63) is 47.5 Å². The average molecular weight is 355 g/mol. The van der Waals surface area contributed by atoms with Crippen molar-refractivity contribution in [2.75, 3.05) is 20.2 Å². The van der Waals surface area contributed by atoms with Gasteiger partial charge in [-0.05, 0) is 50.8 Å². The monoisotopic (exact) mass is 355 g/mol. The van der Waals surface area contributed by atoms with Crippen molar-refractivity contribution in [3.8, 4) is 5.75 Å². The number of amides is 1. The molecule has 1 aromatic carbocycles. The maximum Gasteiger partial charge on any atom is 0.227 e. The molecule has 140 valence electrons. The Morgan fingerprint density at radius 3 is 2.92 bits per heavy atom. The van der Waals surface area contributed by atoms with E-state index in [0.29, 0.717) is 18.4 Å². The van der Waals surface area contributed by atoms with Gasteiger partial charge in [0.05, 0.1) is 13.5 Å². The molecule has 1 aliphatic rings. The fraction of sp³-hybridized carbons (Fsp3) is 0.524. The van der Waals surface area contributed by atoms with Crippen LogP contribution in [-0.2, 0) is 17.6 Å². The van der Waals surface area contributed by atoms with Crippen molar-refractivity contribution in [2.45, 2.75) is 46.1 Å². The van der Waals surface area contributed by atoms with E-state index in [1.54, 1.807) is 7.11 Å². The number of aryl methyl sites for hydroxylation is 1. The second-order valence-corrected chi connectivity index (χ2v) is 7.51. The number of hydrogen-bond donors (Lipinski definition) is 0. The number of carbonyl (C=O) groups is 1. The van der Waals surface area contributed by atoms with Crippen molar-refractivity contribution in [3.63, 3.8) is 0 Å². The zero-order chi connectivity index (χ0) is 18.7. The van der Waals surface area contributed by atoms with Crippen molar-refractivity contribution in [1.82, 2.24) is 14.5 Å². The molecule has 0 N–H and O–H groups in total. The molecule has 0 bridgehead atoms. The van der Waals surface area contributed by atoms with Crippen LogP contribution in [0.3, 0.4) is 0 Å². The lowest BCUT2D eigenvalue weighted by Gasteiger charge is -2.18. The van der Waals surface area contributed by atoms with E-state index in [2.05, 4.69) is 30.3 Å². The third kappa shape index (κ3) is 4.09. The summed E-state index contributed by atoms with van der Waals surface area (Å²) >= 11 is 0. The van der Waals surface area contributed by atoms with Crippen LogP contribution < -0.4 is 4.74 Å². The zero-order valence-corrected chi connectivity index (χ0v) is 16.2. The SMILES string of the molecule is COc1cccc(CC(=O)N2CCC(Cc3ncc(C)n3C(C)C)C2)c1. The van der Waals surface area contributed by atoms with Gasteiger partial charge in [-0.25, -0.2) is 4.98 Å². The second-order valence-electron chi connectivity index (χ2n) is 7.51. The third-order valence-electron chi connectivity index (χ3n) is 5.17. The van der Waals surface area contributed by atoms with Crippen LogP contribution in [0.5, 0.6) is 5.75 Å². The van der Waals surface area contributed by atoms with Crippen molar-refractivity contribution < 1.29 is 9.53 Å². The molecule has 5 heteroatoms. The number of imidazole rings is 1. The molecule has 2 aromatic rings. The van der Waals surface area contributed by atoms with Gasteiger partial charge in [0.2, 0.25) is 5.91 Å². The lowest BCUT2D eigenvalue weighted by molar-refractivity contribution is -0.129. The van der Waals surface area contributed by atoms with Crippen LogP contribution >= 0.6 is 0 Å². The number of methoxy groups -OCH3 is 1. The molecule has 1 aromatic heterocycles. The van der Waals surface area contributed by atoms with Gasteiger partial charge >= 0.3 is 0 Å². The van der Waals surface area contributed by atoms with Crippen molar-refractivity contribution >= 4 is 5.91 Å². The number of rotatable bonds is 6. The molecule has 1 aliphatic heterocycles. The molecule has 0 spiro atoms. The molecule has 5 nitrogen and oxygen atoms in total. The number of aromatic nitrogens is 2. The van der Waals surface area contributed by atoms with E-state index in [4.69, 9.17) is 4.74 Å². The normalized spacial score (nSPS) is 17.1. The van der Waals surface area contributed by atoms with Gasteiger partial charge in [0, 0.05) is 37.4 Å². The molecule has 3 rings (SSSR count). The van der Waals surface area contributed by atoms with E-state index in [1.807, 2.05) is 35.4 Å². The first kappa shape index (κ1) is 18.5. The van der Waals surface area contributed by atoms with Crippen LogP contribution in [0.15, 0.2) is 30.5 Å². The Kier molecular flexibility index (Phi) is 5.64. The summed E-state index contributed by atoms with van der Waals surface area (Å²) in [6, 6.07) is 8.17. The van der Waals surface area contributed by atoms with Gasteiger partial charge in [-0.2, -0.15) is 0 Å². The van der Waals surface area contributed by atoms with Gasteiger partial charge in [0.15, 0.2) is 0 Å². The molecule has 1 atom stereocenters. The summed E-state index contributed by atoms with van der Waals surface area (Å²) in [4.78, 5) is 19.3. The minimum absolute atomic E-state index is 0.198. The number of benzene rings is 1. The summed E-state index contributed by atoms with van der Waals surface area (Å²) in [6.07, 6.45) is 4.38. The van der Waals surface area contributed by atoms with Gasteiger partial charge in [0.25, 0.3) is 0 Å². The first-order valence-corrected chi connectivity index (χ1v) is 9.41. The zero-order valence-electron chi connectivity index (χ0n) is 16.2. The Labute approximate surface area is 156 Å². The fourth-order valence-corrected chi connectivity index (χ4v) is 3.91. The predicted molar refractivity (Wildman–Crippen MR) is 102 cm³/mol. The number of likely N-dealkylation sites (tertiary alicyclic amines) is 1. The summed E-state index contributed by atoms with van der Waals surface area (Å²) in [5.41, 5.74) is 2.21. The number of ether oxygens (including phenoxy) is 1. The highest BCUT2D eigenvalue weighted by Gasteiger charge is 2.27. The first-order chi connectivity index (χ1) is 12.5. The maximum absolute atomic E-state index is 12.7. The topological polar surface area (TPSA) is 47.4 Å². The van der Waals surface area contributed by atoms with Gasteiger partial charge in [-0.15, -0.1) is 0 Å². The number of nitrogens with zero attached hydrogens (tertiary/aromatic N) is 3. The highest BCUT2D eigenvalue weighted by atomic mass is 16.5. The maximum atomic E-state index is 12.7. The summed E-state index contributed by atoms with van der Waals surface area (Å²) < 4.78 is 7.55. The Balaban J connectivity index is 1.59. The smallest absolute Gasteiger partial charge is 0.227 e. The van der Waals surface area contributed by atoms with E-state index in [9.17, 15) is 4.79 Å². The Morgan fingerprint density at radius 1 is 1.38 bits per heavy atom. The molecule has 1 fully saturated rings. The fourth-order valence-electron chi connectivity index (χ4n) is 3.91. The molecular formula is C21H29N3O2. The predicted octanol–water partition coefficient (Wildman–Crippen LogP) is 3.41. The molecule has 0 saturated carbocycles. The van der Waals surface area contributed by atoms with Gasteiger partial charge < -0.3 is 14.2 Å². The number of carbonyl (C=O) groups excluding carboxylic acids is 1. The Hall–Kier alpha value is -2.30. The quantitative estimate of drug-likeness (QED) is 0.798. The summed E-state index contributed by atoms with van der Waals surface area (Å²) in [6.45, 7) is 8.16. The van der Waals surface area contributed by atoms with E-state index in [-0.39, 0.29) is 5.91 Å². The van der Waals surface area contributed by atoms with Crippen molar-refractivity contribution in [2.24, 2.45) is 5.92 Å². The van der Waals surface area contributed by atoms with E-state index >= 15 is 0 Å². The summed E-state index contributed by atoms with van der Waals surface area (Å²) in [7, 11) is 1.65. The van der Waals surface area contributed by atoms with Crippen LogP contribution in [-0.4, -0.2) is 40.6 Å². The lowest BCUT2D eigenvalue weighted by Crippen LogP contribution is -2.30. The van der Waals surface area contributed by atoms with Gasteiger partial charge in [0.1, 0.15) is 11.6 Å². The Bertz CT molecular complexity index is 766. The van der Waals surface area contributed by atoms with Gasteiger partial charge in [-0.3, -0.25) is 4.79 Å². The average Bonchev–Trinajstić information content (AvgIpc) is 3.22. The molecular weight excluding hydrogens is 326 g/mol. The Morgan fingerprint density at radius 2 is 2.19 bits per heavy atom.